The molecule has 6 heteroatoms. The molecule has 1 spiro atoms. The first kappa shape index (κ1) is 11.4. The van der Waals surface area contributed by atoms with Gasteiger partial charge < -0.3 is 25.4 Å². The summed E-state index contributed by atoms with van der Waals surface area (Å²) in [5, 5.41) is 15.9. The van der Waals surface area contributed by atoms with Gasteiger partial charge in [-0.05, 0) is 25.9 Å². The summed E-state index contributed by atoms with van der Waals surface area (Å²) >= 11 is 0. The van der Waals surface area contributed by atoms with Crippen molar-refractivity contribution in [2.75, 3.05) is 39.3 Å². The highest BCUT2D eigenvalue weighted by atomic mass is 16.6. The number of amides is 1. The fraction of sp³-hybridized carbons (Fsp3) is 0.909. The summed E-state index contributed by atoms with van der Waals surface area (Å²) in [4.78, 5) is 13.7. The minimum atomic E-state index is -0.827. The first-order chi connectivity index (χ1) is 8.20. The first-order valence-electron chi connectivity index (χ1n) is 6.23. The van der Waals surface area contributed by atoms with Crippen LogP contribution in [0.2, 0.25) is 0 Å². The van der Waals surface area contributed by atoms with Gasteiger partial charge in [-0.2, -0.15) is 0 Å². The van der Waals surface area contributed by atoms with E-state index >= 15 is 0 Å². The number of hydrogen-bond acceptors (Lipinski definition) is 5. The molecule has 3 rings (SSSR count). The van der Waals surface area contributed by atoms with Gasteiger partial charge >= 0.3 is 0 Å². The molecule has 3 fully saturated rings. The Bertz CT molecular complexity index is 330. The third-order valence-corrected chi connectivity index (χ3v) is 4.09. The van der Waals surface area contributed by atoms with Crippen molar-refractivity contribution in [2.45, 2.75) is 24.2 Å². The molecule has 0 aromatic heterocycles. The molecule has 6 nitrogen and oxygen atoms in total. The largest absolute Gasteiger partial charge is 0.391 e. The molecule has 96 valence electrons. The lowest BCUT2D eigenvalue weighted by atomic mass is 9.92. The van der Waals surface area contributed by atoms with E-state index in [4.69, 9.17) is 4.74 Å². The molecule has 3 aliphatic heterocycles. The zero-order chi connectivity index (χ0) is 11.9. The SMILES string of the molecule is O=C1CNCC2(CO)OC3(CCNCC3)CN12. The van der Waals surface area contributed by atoms with E-state index in [2.05, 4.69) is 10.6 Å². The van der Waals surface area contributed by atoms with Crippen molar-refractivity contribution in [3.05, 3.63) is 0 Å². The van der Waals surface area contributed by atoms with Gasteiger partial charge in [0.05, 0.1) is 25.3 Å². The molecule has 0 aromatic rings. The third-order valence-electron chi connectivity index (χ3n) is 4.09. The molecule has 0 bridgehead atoms. The number of aliphatic hydroxyl groups is 1. The highest BCUT2D eigenvalue weighted by molar-refractivity contribution is 5.80. The van der Waals surface area contributed by atoms with E-state index in [-0.39, 0.29) is 18.1 Å². The minimum absolute atomic E-state index is 0.0284. The van der Waals surface area contributed by atoms with Crippen LogP contribution in [0.1, 0.15) is 12.8 Å². The number of hydrogen-bond donors (Lipinski definition) is 3. The quantitative estimate of drug-likeness (QED) is 0.508. The predicted molar refractivity (Wildman–Crippen MR) is 60.3 cm³/mol. The van der Waals surface area contributed by atoms with Crippen molar-refractivity contribution in [3.63, 3.8) is 0 Å². The number of carbonyl (C=O) groups excluding carboxylic acids is 1. The Hall–Kier alpha value is -0.690. The monoisotopic (exact) mass is 241 g/mol. The van der Waals surface area contributed by atoms with Gasteiger partial charge in [0.2, 0.25) is 5.91 Å². The van der Waals surface area contributed by atoms with Crippen LogP contribution in [0.3, 0.4) is 0 Å². The number of fused-ring (bicyclic) bond motifs is 1. The van der Waals surface area contributed by atoms with E-state index in [1.807, 2.05) is 0 Å². The van der Waals surface area contributed by atoms with Crippen molar-refractivity contribution in [2.24, 2.45) is 0 Å². The summed E-state index contributed by atoms with van der Waals surface area (Å²) < 4.78 is 6.15. The third kappa shape index (κ3) is 1.67. The van der Waals surface area contributed by atoms with Crippen LogP contribution in [0.15, 0.2) is 0 Å². The summed E-state index contributed by atoms with van der Waals surface area (Å²) in [6.45, 7) is 3.18. The van der Waals surface area contributed by atoms with Crippen LogP contribution >= 0.6 is 0 Å². The van der Waals surface area contributed by atoms with Crippen molar-refractivity contribution in [1.82, 2.24) is 15.5 Å². The number of aliphatic hydroxyl groups excluding tert-OH is 1. The molecule has 0 radical (unpaired) electrons. The molecule has 17 heavy (non-hydrogen) atoms. The molecule has 1 atom stereocenters. The smallest absolute Gasteiger partial charge is 0.238 e. The second kappa shape index (κ2) is 3.91. The highest BCUT2D eigenvalue weighted by Gasteiger charge is 2.57. The van der Waals surface area contributed by atoms with Gasteiger partial charge in [-0.3, -0.25) is 4.79 Å². The fourth-order valence-corrected chi connectivity index (χ4v) is 3.15. The Balaban J connectivity index is 1.87. The van der Waals surface area contributed by atoms with Crippen LogP contribution in [0.4, 0.5) is 0 Å². The fourth-order valence-electron chi connectivity index (χ4n) is 3.15. The van der Waals surface area contributed by atoms with Gasteiger partial charge in [0, 0.05) is 6.54 Å². The molecule has 3 N–H and O–H groups in total. The normalized spacial score (nSPS) is 36.3. The topological polar surface area (TPSA) is 73.8 Å². The van der Waals surface area contributed by atoms with Crippen molar-refractivity contribution in [1.29, 1.82) is 0 Å². The molecule has 3 saturated heterocycles. The number of nitrogens with one attached hydrogen (secondary N) is 2. The average molecular weight is 241 g/mol. The van der Waals surface area contributed by atoms with Crippen LogP contribution in [0.25, 0.3) is 0 Å². The van der Waals surface area contributed by atoms with E-state index in [0.29, 0.717) is 19.6 Å². The molecule has 3 aliphatic rings. The second-order valence-electron chi connectivity index (χ2n) is 5.22. The molecule has 0 aliphatic carbocycles. The summed E-state index contributed by atoms with van der Waals surface area (Å²) in [7, 11) is 0. The van der Waals surface area contributed by atoms with Gasteiger partial charge in [0.25, 0.3) is 0 Å². The molecule has 1 amide bonds. The van der Waals surface area contributed by atoms with E-state index in [1.165, 1.54) is 0 Å². The zero-order valence-corrected chi connectivity index (χ0v) is 9.87. The Morgan fingerprint density at radius 2 is 2.12 bits per heavy atom. The number of carbonyl (C=O) groups is 1. The lowest BCUT2D eigenvalue weighted by molar-refractivity contribution is -0.183. The van der Waals surface area contributed by atoms with Crippen molar-refractivity contribution >= 4 is 5.91 Å². The van der Waals surface area contributed by atoms with Gasteiger partial charge in [0.15, 0.2) is 5.72 Å². The van der Waals surface area contributed by atoms with Crippen LogP contribution in [-0.2, 0) is 9.53 Å². The predicted octanol–water partition coefficient (Wildman–Crippen LogP) is -1.74. The maximum absolute atomic E-state index is 11.9. The number of ether oxygens (including phenoxy) is 1. The van der Waals surface area contributed by atoms with Crippen molar-refractivity contribution < 1.29 is 14.6 Å². The van der Waals surface area contributed by atoms with Crippen LogP contribution in [-0.4, -0.2) is 66.6 Å². The minimum Gasteiger partial charge on any atom is -0.391 e. The van der Waals surface area contributed by atoms with Gasteiger partial charge in [0.1, 0.15) is 0 Å². The van der Waals surface area contributed by atoms with Crippen molar-refractivity contribution in [3.8, 4) is 0 Å². The second-order valence-corrected chi connectivity index (χ2v) is 5.22. The van der Waals surface area contributed by atoms with E-state index in [1.54, 1.807) is 4.90 Å². The maximum atomic E-state index is 11.9. The standard InChI is InChI=1S/C11H19N3O3/c15-8-11-6-13-5-9(16)14(11)7-10(17-11)1-3-12-4-2-10/h12-13,15H,1-8H2. The summed E-state index contributed by atoms with van der Waals surface area (Å²) in [5.41, 5.74) is -1.08. The molecule has 0 saturated carbocycles. The van der Waals surface area contributed by atoms with E-state index in [9.17, 15) is 9.90 Å². The first-order valence-corrected chi connectivity index (χ1v) is 6.23. The molecular weight excluding hydrogens is 222 g/mol. The molecular formula is C11H19N3O3. The van der Waals surface area contributed by atoms with Crippen LogP contribution in [0.5, 0.6) is 0 Å². The lowest BCUT2D eigenvalue weighted by Gasteiger charge is -2.40. The molecule has 1 unspecified atom stereocenters. The summed E-state index contributed by atoms with van der Waals surface area (Å²) in [6, 6.07) is 0. The number of piperazine rings is 1. The van der Waals surface area contributed by atoms with E-state index in [0.717, 1.165) is 25.9 Å². The number of rotatable bonds is 1. The van der Waals surface area contributed by atoms with Crippen LogP contribution in [0, 0.1) is 0 Å². The Kier molecular flexibility index (Phi) is 2.62. The number of nitrogens with zero attached hydrogens (tertiary/aromatic N) is 1. The zero-order valence-electron chi connectivity index (χ0n) is 9.87. The highest BCUT2D eigenvalue weighted by Crippen LogP contribution is 2.40. The summed E-state index contributed by atoms with van der Waals surface area (Å²) in [6.07, 6.45) is 1.80. The maximum Gasteiger partial charge on any atom is 0.238 e. The Morgan fingerprint density at radius 1 is 1.35 bits per heavy atom. The summed E-state index contributed by atoms with van der Waals surface area (Å²) in [5.74, 6) is 0.0284. The van der Waals surface area contributed by atoms with Gasteiger partial charge in [-0.1, -0.05) is 0 Å². The Morgan fingerprint density at radius 3 is 2.76 bits per heavy atom. The van der Waals surface area contributed by atoms with Gasteiger partial charge in [-0.25, -0.2) is 0 Å². The molecule has 0 aromatic carbocycles. The van der Waals surface area contributed by atoms with Crippen LogP contribution < -0.4 is 10.6 Å². The number of piperidine rings is 1. The molecule has 3 heterocycles. The lowest BCUT2D eigenvalue weighted by Crippen LogP contribution is -2.63. The van der Waals surface area contributed by atoms with E-state index < -0.39 is 5.72 Å². The van der Waals surface area contributed by atoms with Gasteiger partial charge in [-0.15, -0.1) is 0 Å². The Labute approximate surface area is 100 Å². The average Bonchev–Trinajstić information content (AvgIpc) is 2.66.